The summed E-state index contributed by atoms with van der Waals surface area (Å²) in [6, 6.07) is 17.6. The first-order chi connectivity index (χ1) is 11.7. The van der Waals surface area contributed by atoms with Gasteiger partial charge in [0.15, 0.2) is 0 Å². The molecule has 1 aromatic heterocycles. The lowest BCUT2D eigenvalue weighted by atomic mass is 10.1. The van der Waals surface area contributed by atoms with Gasteiger partial charge in [-0.25, -0.2) is 0 Å². The van der Waals surface area contributed by atoms with E-state index in [1.54, 1.807) is 25.4 Å². The van der Waals surface area contributed by atoms with E-state index in [-0.39, 0.29) is 5.69 Å². The Hall–Kier alpha value is -3.41. The van der Waals surface area contributed by atoms with E-state index in [1.165, 1.54) is 12.1 Å². The van der Waals surface area contributed by atoms with E-state index in [2.05, 4.69) is 10.3 Å². The Bertz CT molecular complexity index is 849. The molecule has 120 valence electrons. The molecule has 6 heteroatoms. The number of ether oxygens (including phenoxy) is 1. The van der Waals surface area contributed by atoms with Crippen LogP contribution in [0.25, 0.3) is 11.3 Å². The van der Waals surface area contributed by atoms with Crippen LogP contribution in [0.2, 0.25) is 0 Å². The van der Waals surface area contributed by atoms with Gasteiger partial charge in [-0.05, 0) is 36.4 Å². The molecule has 1 N–H and O–H groups in total. The molecule has 0 bridgehead atoms. The van der Waals surface area contributed by atoms with Crippen molar-refractivity contribution in [2.75, 3.05) is 12.4 Å². The van der Waals surface area contributed by atoms with Crippen molar-refractivity contribution in [1.29, 1.82) is 0 Å². The second-order valence-corrected chi connectivity index (χ2v) is 5.06. The average molecular weight is 321 g/mol. The summed E-state index contributed by atoms with van der Waals surface area (Å²) in [6.45, 7) is 0. The van der Waals surface area contributed by atoms with Gasteiger partial charge in [-0.1, -0.05) is 6.07 Å². The molecule has 0 aliphatic heterocycles. The fourth-order valence-electron chi connectivity index (χ4n) is 2.32. The van der Waals surface area contributed by atoms with E-state index in [4.69, 9.17) is 4.74 Å². The minimum absolute atomic E-state index is 0.0520. The fraction of sp³-hybridized carbons (Fsp3) is 0.0556. The van der Waals surface area contributed by atoms with Gasteiger partial charge in [0.1, 0.15) is 5.75 Å². The lowest BCUT2D eigenvalue weighted by molar-refractivity contribution is -0.384. The first-order valence-corrected chi connectivity index (χ1v) is 7.28. The summed E-state index contributed by atoms with van der Waals surface area (Å²) in [5, 5.41) is 14.0. The van der Waals surface area contributed by atoms with Gasteiger partial charge < -0.3 is 10.1 Å². The highest BCUT2D eigenvalue weighted by Gasteiger charge is 2.10. The highest BCUT2D eigenvalue weighted by atomic mass is 16.6. The summed E-state index contributed by atoms with van der Waals surface area (Å²) in [6.07, 6.45) is 1.73. The molecule has 0 unspecified atom stereocenters. The molecule has 6 nitrogen and oxygen atoms in total. The Kier molecular flexibility index (Phi) is 4.38. The van der Waals surface area contributed by atoms with Crippen LogP contribution < -0.4 is 10.1 Å². The van der Waals surface area contributed by atoms with Crippen molar-refractivity contribution in [2.24, 2.45) is 0 Å². The lowest BCUT2D eigenvalue weighted by Crippen LogP contribution is -1.96. The summed E-state index contributed by atoms with van der Waals surface area (Å²) in [4.78, 5) is 14.7. The summed E-state index contributed by atoms with van der Waals surface area (Å²) in [7, 11) is 1.60. The number of methoxy groups -OCH3 is 1. The zero-order valence-corrected chi connectivity index (χ0v) is 13.0. The van der Waals surface area contributed by atoms with Gasteiger partial charge in [0.05, 0.1) is 23.4 Å². The average Bonchev–Trinajstić information content (AvgIpc) is 2.63. The molecule has 0 aliphatic rings. The predicted octanol–water partition coefficient (Wildman–Crippen LogP) is 4.41. The molecule has 3 rings (SSSR count). The molecule has 24 heavy (non-hydrogen) atoms. The molecular weight excluding hydrogens is 306 g/mol. The lowest BCUT2D eigenvalue weighted by Gasteiger charge is -2.13. The number of anilines is 2. The van der Waals surface area contributed by atoms with E-state index in [9.17, 15) is 10.1 Å². The number of nitrogens with zero attached hydrogens (tertiary/aromatic N) is 2. The van der Waals surface area contributed by atoms with Gasteiger partial charge in [-0.3, -0.25) is 15.1 Å². The van der Waals surface area contributed by atoms with Crippen molar-refractivity contribution in [3.05, 3.63) is 77.0 Å². The van der Waals surface area contributed by atoms with Crippen molar-refractivity contribution in [3.8, 4) is 17.0 Å². The molecule has 0 saturated carbocycles. The van der Waals surface area contributed by atoms with Gasteiger partial charge in [0, 0.05) is 35.6 Å². The molecular formula is C18H15N3O3. The molecule has 1 heterocycles. The van der Waals surface area contributed by atoms with Crippen LogP contribution >= 0.6 is 0 Å². The van der Waals surface area contributed by atoms with Crippen LogP contribution in [0, 0.1) is 10.1 Å². The summed E-state index contributed by atoms with van der Waals surface area (Å²) < 4.78 is 5.28. The highest BCUT2D eigenvalue weighted by molar-refractivity contribution is 5.80. The van der Waals surface area contributed by atoms with Crippen LogP contribution in [0.15, 0.2) is 66.9 Å². The number of nitro groups is 1. The first kappa shape index (κ1) is 15.5. The molecule has 2 aromatic carbocycles. The topological polar surface area (TPSA) is 77.3 Å². The molecule has 0 radical (unpaired) electrons. The molecule has 0 spiro atoms. The molecule has 0 saturated heterocycles. The maximum atomic E-state index is 10.8. The SMILES string of the molecule is COc1ccc(-c2ccccn2)c(Nc2ccc([N+](=O)[O-])cc2)c1. The van der Waals surface area contributed by atoms with Gasteiger partial charge in [-0.2, -0.15) is 0 Å². The summed E-state index contributed by atoms with van der Waals surface area (Å²) >= 11 is 0. The van der Waals surface area contributed by atoms with Crippen LogP contribution in [-0.2, 0) is 0 Å². The second-order valence-electron chi connectivity index (χ2n) is 5.06. The number of hydrogen-bond acceptors (Lipinski definition) is 5. The monoisotopic (exact) mass is 321 g/mol. The fourth-order valence-corrected chi connectivity index (χ4v) is 2.32. The van der Waals surface area contributed by atoms with Crippen LogP contribution in [-0.4, -0.2) is 17.0 Å². The van der Waals surface area contributed by atoms with Crippen molar-refractivity contribution in [1.82, 2.24) is 4.98 Å². The summed E-state index contributed by atoms with van der Waals surface area (Å²) in [5.41, 5.74) is 3.34. The molecule has 0 aliphatic carbocycles. The van der Waals surface area contributed by atoms with Gasteiger partial charge in [0.2, 0.25) is 0 Å². The van der Waals surface area contributed by atoms with E-state index in [0.717, 1.165) is 22.6 Å². The van der Waals surface area contributed by atoms with E-state index in [1.807, 2.05) is 36.4 Å². The number of rotatable bonds is 5. The van der Waals surface area contributed by atoms with Crippen molar-refractivity contribution < 1.29 is 9.66 Å². The third-order valence-electron chi connectivity index (χ3n) is 3.52. The van der Waals surface area contributed by atoms with E-state index >= 15 is 0 Å². The zero-order chi connectivity index (χ0) is 16.9. The normalized spacial score (nSPS) is 10.2. The van der Waals surface area contributed by atoms with Crippen molar-refractivity contribution >= 4 is 17.1 Å². The van der Waals surface area contributed by atoms with E-state index < -0.39 is 4.92 Å². The number of non-ortho nitro benzene ring substituents is 1. The smallest absolute Gasteiger partial charge is 0.269 e. The van der Waals surface area contributed by atoms with Gasteiger partial charge in [-0.15, -0.1) is 0 Å². The Labute approximate surface area is 138 Å². The maximum Gasteiger partial charge on any atom is 0.269 e. The second kappa shape index (κ2) is 6.78. The zero-order valence-electron chi connectivity index (χ0n) is 13.0. The number of aromatic nitrogens is 1. The van der Waals surface area contributed by atoms with Crippen LogP contribution in [0.4, 0.5) is 17.1 Å². The minimum atomic E-state index is -0.422. The Morgan fingerprint density at radius 1 is 1.08 bits per heavy atom. The number of hydrogen-bond donors (Lipinski definition) is 1. The third kappa shape index (κ3) is 3.33. The van der Waals surface area contributed by atoms with Crippen LogP contribution in [0.3, 0.4) is 0 Å². The first-order valence-electron chi connectivity index (χ1n) is 7.28. The molecule has 3 aromatic rings. The van der Waals surface area contributed by atoms with Gasteiger partial charge >= 0.3 is 0 Å². The maximum absolute atomic E-state index is 10.8. The number of pyridine rings is 1. The van der Waals surface area contributed by atoms with Crippen molar-refractivity contribution in [2.45, 2.75) is 0 Å². The minimum Gasteiger partial charge on any atom is -0.497 e. The largest absolute Gasteiger partial charge is 0.497 e. The third-order valence-corrected chi connectivity index (χ3v) is 3.52. The van der Waals surface area contributed by atoms with E-state index in [0.29, 0.717) is 5.75 Å². The molecule has 0 amide bonds. The predicted molar refractivity (Wildman–Crippen MR) is 92.6 cm³/mol. The summed E-state index contributed by atoms with van der Waals surface area (Å²) in [5.74, 6) is 0.707. The van der Waals surface area contributed by atoms with Crippen LogP contribution in [0.1, 0.15) is 0 Å². The Morgan fingerprint density at radius 2 is 1.88 bits per heavy atom. The standard InChI is InChI=1S/C18H15N3O3/c1-24-15-9-10-16(17-4-2-3-11-19-17)18(12-15)20-13-5-7-14(8-6-13)21(22)23/h2-12,20H,1H3. The quantitative estimate of drug-likeness (QED) is 0.556. The van der Waals surface area contributed by atoms with Gasteiger partial charge in [0.25, 0.3) is 5.69 Å². The van der Waals surface area contributed by atoms with Crippen molar-refractivity contribution in [3.63, 3.8) is 0 Å². The highest BCUT2D eigenvalue weighted by Crippen LogP contribution is 2.32. The number of nitrogens with one attached hydrogen (secondary N) is 1. The molecule has 0 fully saturated rings. The number of benzene rings is 2. The Morgan fingerprint density at radius 3 is 2.50 bits per heavy atom. The Balaban J connectivity index is 1.97. The molecule has 0 atom stereocenters. The number of nitro benzene ring substituents is 1. The van der Waals surface area contributed by atoms with Crippen LogP contribution in [0.5, 0.6) is 5.75 Å².